The van der Waals surface area contributed by atoms with Gasteiger partial charge in [-0.05, 0) is 51.9 Å². The van der Waals surface area contributed by atoms with Crippen molar-refractivity contribution in [3.05, 3.63) is 153 Å². The van der Waals surface area contributed by atoms with E-state index in [0.717, 1.165) is 27.8 Å². The monoisotopic (exact) mass is 732 g/mol. The summed E-state index contributed by atoms with van der Waals surface area (Å²) in [7, 11) is -4.29. The molecule has 0 aliphatic rings. The number of aromatic hydroxyl groups is 1. The molecule has 11 heteroatoms. The predicted molar refractivity (Wildman–Crippen MR) is 197 cm³/mol. The summed E-state index contributed by atoms with van der Waals surface area (Å²) in [4.78, 5) is 12.6. The lowest BCUT2D eigenvalue weighted by Gasteiger charge is -2.24. The number of phenolic OH excluding ortho intramolecular Hbond substituents is 1. The first-order chi connectivity index (χ1) is 24.1. The first-order valence-electron chi connectivity index (χ1n) is 16.0. The third-order valence-electron chi connectivity index (χ3n) is 8.33. The van der Waals surface area contributed by atoms with Gasteiger partial charge in [0.15, 0.2) is 11.5 Å². The molecule has 50 heavy (non-hydrogen) atoms. The lowest BCUT2D eigenvalue weighted by Crippen LogP contribution is -2.35. The number of hydrogen-bond acceptors (Lipinski definition) is 7. The molecule has 0 unspecified atom stereocenters. The fourth-order valence-corrected chi connectivity index (χ4v) is 7.65. The Bertz CT molecular complexity index is 2000. The summed E-state index contributed by atoms with van der Waals surface area (Å²) in [6.45, 7) is 0.0898. The van der Waals surface area contributed by atoms with Gasteiger partial charge in [0, 0.05) is 36.6 Å². The number of Topliss-reactive ketones (excluding diaryl/α,β-unsaturated/α-hetero) is 1. The smallest absolute Gasteiger partial charge is 0.247 e. The van der Waals surface area contributed by atoms with Crippen LogP contribution in [-0.2, 0) is 36.1 Å². The van der Waals surface area contributed by atoms with E-state index in [2.05, 4.69) is 5.32 Å². The van der Waals surface area contributed by atoms with Crippen molar-refractivity contribution in [3.63, 3.8) is 0 Å². The van der Waals surface area contributed by atoms with Gasteiger partial charge in [0.25, 0.3) is 0 Å². The largest absolute Gasteiger partial charge is 0.505 e. The minimum atomic E-state index is -4.29. The number of halogens is 2. The molecule has 5 aromatic rings. The van der Waals surface area contributed by atoms with Crippen LogP contribution in [0.4, 0.5) is 0 Å². The summed E-state index contributed by atoms with van der Waals surface area (Å²) in [5.74, 6) is -0.605. The van der Waals surface area contributed by atoms with Crippen LogP contribution in [-0.4, -0.2) is 53.1 Å². The fourth-order valence-electron chi connectivity index (χ4n) is 5.49. The van der Waals surface area contributed by atoms with E-state index in [0.29, 0.717) is 24.1 Å². The molecule has 4 N–H and O–H groups in total. The Morgan fingerprint density at radius 3 is 2.02 bits per heavy atom. The number of carbonyl (C=O) groups excluding carboxylic acids is 1. The zero-order valence-electron chi connectivity index (χ0n) is 27.2. The molecule has 0 saturated carbocycles. The Morgan fingerprint density at radius 1 is 0.720 bits per heavy atom. The predicted octanol–water partition coefficient (Wildman–Crippen LogP) is 7.02. The lowest BCUT2D eigenvalue weighted by molar-refractivity contribution is 0.0982. The van der Waals surface area contributed by atoms with E-state index in [9.17, 15) is 28.5 Å². The van der Waals surface area contributed by atoms with Crippen molar-refractivity contribution < 1.29 is 28.5 Å². The molecule has 0 bridgehead atoms. The van der Waals surface area contributed by atoms with E-state index in [-0.39, 0.29) is 53.4 Å². The normalized spacial score (nSPS) is 11.7. The zero-order chi connectivity index (χ0) is 35.7. The molecular formula is C39H38Cl2N2O6S. The third kappa shape index (κ3) is 9.58. The van der Waals surface area contributed by atoms with Crippen LogP contribution in [0.15, 0.2) is 120 Å². The van der Waals surface area contributed by atoms with Gasteiger partial charge in [0.1, 0.15) is 4.90 Å². The summed E-state index contributed by atoms with van der Waals surface area (Å²) in [6.07, 6.45) is 0.700. The Kier molecular flexibility index (Phi) is 12.8. The maximum atomic E-state index is 14.1. The van der Waals surface area contributed by atoms with E-state index in [4.69, 9.17) is 23.2 Å². The average molecular weight is 734 g/mol. The topological polar surface area (TPSA) is 127 Å². The molecular weight excluding hydrogens is 695 g/mol. The van der Waals surface area contributed by atoms with Gasteiger partial charge in [0.2, 0.25) is 10.0 Å². The molecule has 0 aromatic heterocycles. The Labute approximate surface area is 302 Å². The Balaban J connectivity index is 1.32. The van der Waals surface area contributed by atoms with E-state index >= 15 is 0 Å². The van der Waals surface area contributed by atoms with E-state index < -0.39 is 21.8 Å². The minimum Gasteiger partial charge on any atom is -0.505 e. The van der Waals surface area contributed by atoms with Crippen molar-refractivity contribution in [2.75, 3.05) is 13.2 Å². The van der Waals surface area contributed by atoms with Gasteiger partial charge in [-0.2, -0.15) is 4.31 Å². The second-order valence-corrected chi connectivity index (χ2v) is 14.7. The second kappa shape index (κ2) is 17.2. The average Bonchev–Trinajstić information content (AvgIpc) is 3.13. The molecule has 260 valence electrons. The molecule has 5 rings (SSSR count). The van der Waals surface area contributed by atoms with Gasteiger partial charge in [0.05, 0.1) is 24.3 Å². The van der Waals surface area contributed by atoms with Crippen molar-refractivity contribution in [2.45, 2.75) is 43.4 Å². The molecule has 0 saturated heterocycles. The number of nitrogens with zero attached hydrogens (tertiary/aromatic N) is 1. The zero-order valence-corrected chi connectivity index (χ0v) is 29.5. The summed E-state index contributed by atoms with van der Waals surface area (Å²) in [5, 5.41) is 32.1. The number of sulfonamides is 1. The van der Waals surface area contributed by atoms with Crippen LogP contribution >= 0.6 is 23.2 Å². The highest BCUT2D eigenvalue weighted by Gasteiger charge is 2.29. The number of aliphatic hydroxyl groups is 2. The fraction of sp³-hybridized carbons (Fsp3) is 0.205. The van der Waals surface area contributed by atoms with Crippen molar-refractivity contribution >= 4 is 39.0 Å². The van der Waals surface area contributed by atoms with Crippen LogP contribution in [0.1, 0.15) is 39.0 Å². The second-order valence-electron chi connectivity index (χ2n) is 12.0. The highest BCUT2D eigenvalue weighted by Crippen LogP contribution is 2.37. The van der Waals surface area contributed by atoms with Gasteiger partial charge in [-0.1, -0.05) is 126 Å². The van der Waals surface area contributed by atoms with Gasteiger partial charge in [-0.15, -0.1) is 0 Å². The maximum Gasteiger partial charge on any atom is 0.247 e. The van der Waals surface area contributed by atoms with E-state index in [1.54, 1.807) is 12.1 Å². The van der Waals surface area contributed by atoms with Crippen molar-refractivity contribution in [1.29, 1.82) is 0 Å². The van der Waals surface area contributed by atoms with Crippen molar-refractivity contribution in [3.8, 4) is 16.9 Å². The SMILES string of the molecule is O=C(CCc1cccc(CN(Cc2ccc(-c3ccccc3)cc2)S(=O)(=O)c2cc(Cl)cc(Cl)c2O)c1)c1ccc(CNC(CO)CO)cc1. The number of ketones is 1. The number of aryl methyl sites for hydroxylation is 1. The quantitative estimate of drug-likeness (QED) is 0.0804. The molecule has 5 aromatic carbocycles. The van der Waals surface area contributed by atoms with Crippen LogP contribution in [0, 0.1) is 0 Å². The summed E-state index contributed by atoms with van der Waals surface area (Å²) in [6, 6.07) is 34.2. The molecule has 8 nitrogen and oxygen atoms in total. The Morgan fingerprint density at radius 2 is 1.34 bits per heavy atom. The van der Waals surface area contributed by atoms with E-state index in [1.807, 2.05) is 91.0 Å². The number of aliphatic hydroxyl groups excluding tert-OH is 2. The minimum absolute atomic E-state index is 0.00978. The van der Waals surface area contributed by atoms with Crippen LogP contribution in [0.5, 0.6) is 5.75 Å². The van der Waals surface area contributed by atoms with Crippen LogP contribution < -0.4 is 5.32 Å². The summed E-state index contributed by atoms with van der Waals surface area (Å²) in [5.41, 5.74) is 5.83. The highest BCUT2D eigenvalue weighted by molar-refractivity contribution is 7.89. The van der Waals surface area contributed by atoms with Crippen molar-refractivity contribution in [1.82, 2.24) is 9.62 Å². The number of nitrogens with one attached hydrogen (secondary N) is 1. The van der Waals surface area contributed by atoms with Crippen molar-refractivity contribution in [2.24, 2.45) is 0 Å². The third-order valence-corrected chi connectivity index (χ3v) is 10.6. The van der Waals surface area contributed by atoms with Gasteiger partial charge in [-0.3, -0.25) is 4.79 Å². The molecule has 0 atom stereocenters. The maximum absolute atomic E-state index is 14.1. The lowest BCUT2D eigenvalue weighted by atomic mass is 10.0. The van der Waals surface area contributed by atoms with Crippen LogP contribution in [0.2, 0.25) is 10.0 Å². The van der Waals surface area contributed by atoms with Crippen LogP contribution in [0.25, 0.3) is 11.1 Å². The van der Waals surface area contributed by atoms with E-state index in [1.165, 1.54) is 16.4 Å². The molecule has 0 heterocycles. The molecule has 0 amide bonds. The number of benzene rings is 5. The summed E-state index contributed by atoms with van der Waals surface area (Å²) >= 11 is 12.3. The number of phenols is 1. The van der Waals surface area contributed by atoms with Crippen LogP contribution in [0.3, 0.4) is 0 Å². The van der Waals surface area contributed by atoms with Gasteiger partial charge in [-0.25, -0.2) is 8.42 Å². The Hall–Kier alpha value is -4.06. The molecule has 0 aliphatic carbocycles. The van der Waals surface area contributed by atoms with Gasteiger partial charge < -0.3 is 20.6 Å². The molecule has 0 fully saturated rings. The number of hydrogen-bond donors (Lipinski definition) is 4. The summed E-state index contributed by atoms with van der Waals surface area (Å²) < 4.78 is 29.5. The number of rotatable bonds is 16. The standard InChI is InChI=1S/C39H38Cl2N2O6S/c40-34-20-36(41)39(47)38(21-34)50(48,49)43(23-29-11-14-32(15-12-29)31-7-2-1-3-8-31)24-30-6-4-5-27(19-30)13-18-37(46)33-16-9-28(10-17-33)22-42-35(25-44)26-45/h1-12,14-17,19-21,35,42,44-45,47H,13,18,22-26H2. The molecule has 0 radical (unpaired) electrons. The molecule has 0 aliphatic heterocycles. The first-order valence-corrected chi connectivity index (χ1v) is 18.2. The molecule has 0 spiro atoms. The number of carbonyl (C=O) groups is 1. The highest BCUT2D eigenvalue weighted by atomic mass is 35.5. The first kappa shape index (κ1) is 37.2. The van der Waals surface area contributed by atoms with Gasteiger partial charge >= 0.3 is 0 Å².